The van der Waals surface area contributed by atoms with E-state index in [4.69, 9.17) is 19.2 Å². The molecule has 4 N–H and O–H groups in total. The summed E-state index contributed by atoms with van der Waals surface area (Å²) in [4.78, 5) is 29.3. The van der Waals surface area contributed by atoms with Crippen molar-refractivity contribution in [3.8, 4) is 0 Å². The van der Waals surface area contributed by atoms with Crippen LogP contribution in [0, 0.1) is 0 Å². The van der Waals surface area contributed by atoms with Gasteiger partial charge in [-0.2, -0.15) is 0 Å². The standard InChI is InChI=1S/Al.Fe.H4O4Si.Zn.3H/c;;1-5(2,3)4;;;;/h;;1-4H;;;;. The van der Waals surface area contributed by atoms with Crippen molar-refractivity contribution in [2.45, 2.75) is 0 Å². The minimum atomic E-state index is -4.61. The van der Waals surface area contributed by atoms with Crippen molar-refractivity contribution < 1.29 is 55.7 Å². The third kappa shape index (κ3) is 117. The molecule has 0 heterocycles. The molecule has 48 valence electrons. The van der Waals surface area contributed by atoms with Crippen molar-refractivity contribution in [1.29, 1.82) is 0 Å². The van der Waals surface area contributed by atoms with Gasteiger partial charge in [0.05, 0.1) is 0 Å². The fourth-order valence-corrected chi connectivity index (χ4v) is 0. The van der Waals surface area contributed by atoms with Gasteiger partial charge in [-0.3, -0.25) is 0 Å². The van der Waals surface area contributed by atoms with E-state index in [1.807, 2.05) is 0 Å². The van der Waals surface area contributed by atoms with Gasteiger partial charge in [0.2, 0.25) is 0 Å². The molecule has 0 unspecified atom stereocenters. The summed E-state index contributed by atoms with van der Waals surface area (Å²) >= 11 is 0. The summed E-state index contributed by atoms with van der Waals surface area (Å²) in [6.07, 6.45) is 0. The van der Waals surface area contributed by atoms with Gasteiger partial charge in [0.1, 0.15) is 0 Å². The summed E-state index contributed by atoms with van der Waals surface area (Å²) in [5.74, 6) is 0. The quantitative estimate of drug-likeness (QED) is 0.331. The summed E-state index contributed by atoms with van der Waals surface area (Å²) in [5, 5.41) is 0. The second-order valence-electron chi connectivity index (χ2n) is 0.600. The molecule has 0 aromatic carbocycles. The number of hydrogen-bond acceptors (Lipinski definition) is 4. The van der Waals surface area contributed by atoms with Gasteiger partial charge < -0.3 is 19.2 Å². The van der Waals surface area contributed by atoms with Crippen LogP contribution in [0.3, 0.4) is 0 Å². The maximum atomic E-state index is 7.33. The molecule has 0 rings (SSSR count). The Bertz CT molecular complexity index is 31.5. The molecule has 0 saturated heterocycles. The van der Waals surface area contributed by atoms with Crippen molar-refractivity contribution in [2.75, 3.05) is 0 Å². The van der Waals surface area contributed by atoms with Crippen LogP contribution >= 0.6 is 0 Å². The zero-order valence-corrected chi connectivity index (χ0v) is 8.42. The topological polar surface area (TPSA) is 80.9 Å². The molecule has 0 aromatic heterocycles. The molecule has 0 aliphatic heterocycles. The van der Waals surface area contributed by atoms with Crippen LogP contribution in [0.4, 0.5) is 0 Å². The average Bonchev–Trinajstić information content (AvgIpc) is 0.722. The van der Waals surface area contributed by atoms with Gasteiger partial charge in [0.15, 0.2) is 17.4 Å². The van der Waals surface area contributed by atoms with Crippen molar-refractivity contribution in [1.82, 2.24) is 0 Å². The second-order valence-corrected chi connectivity index (χ2v) is 1.80. The molecule has 0 bridgehead atoms. The normalized spacial score (nSPS) is 7.50. The Morgan fingerprint density at radius 3 is 0.875 bits per heavy atom. The Balaban J connectivity index is -0.0000000267. The van der Waals surface area contributed by atoms with Crippen molar-refractivity contribution in [3.05, 3.63) is 0 Å². The zero-order valence-electron chi connectivity index (χ0n) is 3.35. The largest absolute Gasteiger partial charge is 0.668 e. The Morgan fingerprint density at radius 2 is 0.875 bits per heavy atom. The number of hydrogen-bond donors (Lipinski definition) is 4. The third-order valence-electron chi connectivity index (χ3n) is 0. The van der Waals surface area contributed by atoms with Gasteiger partial charge in [-0.25, -0.2) is 0 Å². The molecule has 8 heavy (non-hydrogen) atoms. The first-order valence-corrected chi connectivity index (χ1v) is 2.68. The van der Waals surface area contributed by atoms with Crippen LogP contribution in [0.5, 0.6) is 0 Å². The monoisotopic (exact) mass is 246 g/mol. The molecule has 0 spiro atoms. The van der Waals surface area contributed by atoms with E-state index in [1.54, 1.807) is 0 Å². The van der Waals surface area contributed by atoms with Crippen LogP contribution in [0.25, 0.3) is 0 Å². The summed E-state index contributed by atoms with van der Waals surface area (Å²) in [6.45, 7) is 0. The molecular formula is H7AlFeO4SiZn. The van der Waals surface area contributed by atoms with Gasteiger partial charge >= 0.3 is 9.05 Å². The Morgan fingerprint density at radius 1 is 0.875 bits per heavy atom. The van der Waals surface area contributed by atoms with Gasteiger partial charge in [-0.1, -0.05) is 0 Å². The van der Waals surface area contributed by atoms with Crippen LogP contribution in [0.1, 0.15) is 0 Å². The maximum Gasteiger partial charge on any atom is 0.668 e. The van der Waals surface area contributed by atoms with E-state index in [9.17, 15) is 0 Å². The first-order valence-electron chi connectivity index (χ1n) is 0.894. The fraction of sp³-hybridized carbons (Fsp3) is 0. The van der Waals surface area contributed by atoms with E-state index in [-0.39, 0.29) is 53.9 Å². The number of rotatable bonds is 0. The van der Waals surface area contributed by atoms with Crippen LogP contribution in [-0.4, -0.2) is 45.6 Å². The molecule has 0 fully saturated rings. The SMILES string of the molecule is O[Si](O)(O)O.[AlH3].[Fe].[Zn]. The summed E-state index contributed by atoms with van der Waals surface area (Å²) in [6, 6.07) is 0. The average molecular weight is 247 g/mol. The zero-order chi connectivity index (χ0) is 4.50. The summed E-state index contributed by atoms with van der Waals surface area (Å²) in [5.41, 5.74) is 0. The van der Waals surface area contributed by atoms with Crippen molar-refractivity contribution in [3.63, 3.8) is 0 Å². The Labute approximate surface area is 81.8 Å². The van der Waals surface area contributed by atoms with Gasteiger partial charge in [0.25, 0.3) is 0 Å². The van der Waals surface area contributed by atoms with E-state index in [2.05, 4.69) is 0 Å². The van der Waals surface area contributed by atoms with E-state index in [1.165, 1.54) is 0 Å². The molecule has 0 aliphatic rings. The molecular weight excluding hydrogens is 240 g/mol. The Kier molecular flexibility index (Phi) is 24.7. The van der Waals surface area contributed by atoms with E-state index >= 15 is 0 Å². The first kappa shape index (κ1) is 22.6. The molecule has 4 nitrogen and oxygen atoms in total. The minimum absolute atomic E-state index is 0. The van der Waals surface area contributed by atoms with Crippen LogP contribution in [0.2, 0.25) is 0 Å². The van der Waals surface area contributed by atoms with E-state index < -0.39 is 9.05 Å². The van der Waals surface area contributed by atoms with E-state index in [0.29, 0.717) is 0 Å². The smallest absolute Gasteiger partial charge is 0.368 e. The van der Waals surface area contributed by atoms with Crippen molar-refractivity contribution >= 4 is 26.4 Å². The fourth-order valence-electron chi connectivity index (χ4n) is 0. The first-order chi connectivity index (χ1) is 2.00. The van der Waals surface area contributed by atoms with Crippen LogP contribution < -0.4 is 0 Å². The van der Waals surface area contributed by atoms with Crippen molar-refractivity contribution in [2.24, 2.45) is 0 Å². The minimum Gasteiger partial charge on any atom is -0.368 e. The van der Waals surface area contributed by atoms with Gasteiger partial charge in [-0.15, -0.1) is 0 Å². The predicted octanol–water partition coefficient (Wildman–Crippen LogP) is -3.80. The molecule has 0 aliphatic carbocycles. The third-order valence-corrected chi connectivity index (χ3v) is 0. The summed E-state index contributed by atoms with van der Waals surface area (Å²) < 4.78 is 0. The van der Waals surface area contributed by atoms with Crippen LogP contribution in [0.15, 0.2) is 0 Å². The second kappa shape index (κ2) is 8.73. The van der Waals surface area contributed by atoms with Gasteiger partial charge in [-0.05, 0) is 0 Å². The molecule has 8 heteroatoms. The molecule has 0 saturated carbocycles. The van der Waals surface area contributed by atoms with E-state index in [0.717, 1.165) is 0 Å². The summed E-state index contributed by atoms with van der Waals surface area (Å²) in [7, 11) is -4.61. The molecule has 0 atom stereocenters. The molecule has 0 radical (unpaired) electrons. The molecule has 0 amide bonds. The maximum absolute atomic E-state index is 7.33. The Hall–Kier alpha value is 1.73. The van der Waals surface area contributed by atoms with Crippen LogP contribution in [-0.2, 0) is 36.5 Å². The predicted molar refractivity (Wildman–Crippen MR) is 24.6 cm³/mol. The molecule has 0 aromatic rings. The van der Waals surface area contributed by atoms with Gasteiger partial charge in [0, 0.05) is 36.5 Å².